The maximum Gasteiger partial charge on any atom is 0.123 e. The molecule has 1 nitrogen and oxygen atoms in total. The van der Waals surface area contributed by atoms with Gasteiger partial charge in [-0.3, -0.25) is 0 Å². The van der Waals surface area contributed by atoms with Crippen molar-refractivity contribution in [2.24, 2.45) is 0 Å². The summed E-state index contributed by atoms with van der Waals surface area (Å²) in [4.78, 5) is 0. The number of benzene rings is 2. The van der Waals surface area contributed by atoms with E-state index < -0.39 is 0 Å². The van der Waals surface area contributed by atoms with Crippen LogP contribution in [0.5, 0.6) is 0 Å². The molecular weight excluding hydrogens is 261 g/mol. The summed E-state index contributed by atoms with van der Waals surface area (Å²) in [6, 6.07) is 10.6. The molecule has 19 heavy (non-hydrogen) atoms. The molecule has 1 atom stereocenters. The zero-order chi connectivity index (χ0) is 14.0. The number of hydrogen-bond acceptors (Lipinski definition) is 1. The Kier molecular flexibility index (Phi) is 4.23. The first-order valence-corrected chi connectivity index (χ1v) is 6.60. The lowest BCUT2D eigenvalue weighted by Gasteiger charge is -2.19. The topological polar surface area (TPSA) is 12.0 Å². The summed E-state index contributed by atoms with van der Waals surface area (Å²) in [5.74, 6) is -0.275. The standard InChI is InChI=1S/C16H17ClFN/c1-10-4-5-12(8-11(10)2)16(19-3)14-9-13(18)6-7-15(14)17/h4-9,16,19H,1-3H3. The molecule has 2 aromatic rings. The van der Waals surface area contributed by atoms with Crippen LogP contribution >= 0.6 is 11.6 Å². The summed E-state index contributed by atoms with van der Waals surface area (Å²) < 4.78 is 13.4. The molecule has 0 aliphatic carbocycles. The first-order valence-electron chi connectivity index (χ1n) is 6.22. The predicted molar refractivity (Wildman–Crippen MR) is 78.2 cm³/mol. The van der Waals surface area contributed by atoms with E-state index in [1.807, 2.05) is 13.1 Å². The molecule has 0 spiro atoms. The van der Waals surface area contributed by atoms with Gasteiger partial charge in [0.25, 0.3) is 0 Å². The Morgan fingerprint density at radius 1 is 1.05 bits per heavy atom. The van der Waals surface area contributed by atoms with Crippen molar-refractivity contribution in [1.29, 1.82) is 0 Å². The van der Waals surface area contributed by atoms with Gasteiger partial charge < -0.3 is 5.32 Å². The average molecular weight is 278 g/mol. The van der Waals surface area contributed by atoms with Crippen molar-refractivity contribution in [3.05, 3.63) is 69.5 Å². The summed E-state index contributed by atoms with van der Waals surface area (Å²) in [6.45, 7) is 4.14. The van der Waals surface area contributed by atoms with E-state index in [4.69, 9.17) is 11.6 Å². The fraction of sp³-hybridized carbons (Fsp3) is 0.250. The fourth-order valence-corrected chi connectivity index (χ4v) is 2.41. The Hall–Kier alpha value is -1.38. The molecule has 0 saturated carbocycles. The van der Waals surface area contributed by atoms with Gasteiger partial charge in [0.2, 0.25) is 0 Å². The van der Waals surface area contributed by atoms with E-state index in [-0.39, 0.29) is 11.9 Å². The first-order chi connectivity index (χ1) is 9.02. The van der Waals surface area contributed by atoms with Crippen LogP contribution in [0.15, 0.2) is 36.4 Å². The van der Waals surface area contributed by atoms with Gasteiger partial charge in [0, 0.05) is 5.02 Å². The van der Waals surface area contributed by atoms with E-state index in [1.165, 1.54) is 23.3 Å². The second-order valence-electron chi connectivity index (χ2n) is 4.73. The predicted octanol–water partition coefficient (Wildman–Crippen LogP) is 4.40. The van der Waals surface area contributed by atoms with Gasteiger partial charge in [0.15, 0.2) is 0 Å². The van der Waals surface area contributed by atoms with Gasteiger partial charge in [-0.2, -0.15) is 0 Å². The van der Waals surface area contributed by atoms with Crippen LogP contribution in [0, 0.1) is 19.7 Å². The number of aryl methyl sites for hydroxylation is 2. The molecule has 0 bridgehead atoms. The quantitative estimate of drug-likeness (QED) is 0.876. The average Bonchev–Trinajstić information content (AvgIpc) is 2.38. The molecule has 0 saturated heterocycles. The van der Waals surface area contributed by atoms with Crippen LogP contribution in [-0.4, -0.2) is 7.05 Å². The molecule has 1 unspecified atom stereocenters. The van der Waals surface area contributed by atoms with Crippen LogP contribution in [0.3, 0.4) is 0 Å². The molecule has 0 fully saturated rings. The number of nitrogens with one attached hydrogen (secondary N) is 1. The summed E-state index contributed by atoms with van der Waals surface area (Å²) in [5, 5.41) is 3.77. The minimum atomic E-state index is -0.275. The number of halogens is 2. The highest BCUT2D eigenvalue weighted by molar-refractivity contribution is 6.31. The smallest absolute Gasteiger partial charge is 0.123 e. The Bertz CT molecular complexity index is 595. The highest BCUT2D eigenvalue weighted by Gasteiger charge is 2.16. The summed E-state index contributed by atoms with van der Waals surface area (Å²) in [6.07, 6.45) is 0. The highest BCUT2D eigenvalue weighted by Crippen LogP contribution is 2.29. The number of hydrogen-bond donors (Lipinski definition) is 1. The minimum absolute atomic E-state index is 0.109. The van der Waals surface area contributed by atoms with Gasteiger partial charge in [-0.25, -0.2) is 4.39 Å². The van der Waals surface area contributed by atoms with Gasteiger partial charge in [0.1, 0.15) is 5.82 Å². The molecule has 0 heterocycles. The number of rotatable bonds is 3. The molecule has 2 rings (SSSR count). The Balaban J connectivity index is 2.49. The maximum atomic E-state index is 13.4. The Labute approximate surface area is 118 Å². The third-order valence-corrected chi connectivity index (χ3v) is 3.77. The van der Waals surface area contributed by atoms with Crippen molar-refractivity contribution >= 4 is 11.6 Å². The summed E-state index contributed by atoms with van der Waals surface area (Å²) in [7, 11) is 1.85. The maximum absolute atomic E-state index is 13.4. The largest absolute Gasteiger partial charge is 0.309 e. The third-order valence-electron chi connectivity index (χ3n) is 3.42. The zero-order valence-electron chi connectivity index (χ0n) is 11.3. The van der Waals surface area contributed by atoms with Crippen LogP contribution in [0.25, 0.3) is 0 Å². The van der Waals surface area contributed by atoms with Crippen molar-refractivity contribution in [3.63, 3.8) is 0 Å². The van der Waals surface area contributed by atoms with E-state index in [0.717, 1.165) is 11.1 Å². The molecule has 0 amide bonds. The van der Waals surface area contributed by atoms with Crippen molar-refractivity contribution in [3.8, 4) is 0 Å². The molecule has 2 aromatic carbocycles. The summed E-state index contributed by atoms with van der Waals surface area (Å²) >= 11 is 6.18. The third kappa shape index (κ3) is 2.96. The second kappa shape index (κ2) is 5.72. The van der Waals surface area contributed by atoms with Gasteiger partial charge in [-0.1, -0.05) is 29.8 Å². The minimum Gasteiger partial charge on any atom is -0.309 e. The monoisotopic (exact) mass is 277 g/mol. The second-order valence-corrected chi connectivity index (χ2v) is 5.14. The Morgan fingerprint density at radius 2 is 1.79 bits per heavy atom. The zero-order valence-corrected chi connectivity index (χ0v) is 12.1. The van der Waals surface area contributed by atoms with Gasteiger partial charge in [-0.05, 0) is 61.3 Å². The molecule has 0 radical (unpaired) electrons. The van der Waals surface area contributed by atoms with Gasteiger partial charge >= 0.3 is 0 Å². The fourth-order valence-electron chi connectivity index (χ4n) is 2.18. The van der Waals surface area contributed by atoms with Crippen LogP contribution < -0.4 is 5.32 Å². The molecule has 0 aromatic heterocycles. The molecule has 1 N–H and O–H groups in total. The SMILES string of the molecule is CNC(c1ccc(C)c(C)c1)c1cc(F)ccc1Cl. The van der Waals surface area contributed by atoms with E-state index in [0.29, 0.717) is 5.02 Å². The van der Waals surface area contributed by atoms with Crippen LogP contribution in [0.2, 0.25) is 5.02 Å². The molecular formula is C16H17ClFN. The normalized spacial score (nSPS) is 12.5. The van der Waals surface area contributed by atoms with E-state index in [1.54, 1.807) is 6.07 Å². The lowest BCUT2D eigenvalue weighted by Crippen LogP contribution is -2.18. The van der Waals surface area contributed by atoms with E-state index in [2.05, 4.69) is 31.3 Å². The molecule has 3 heteroatoms. The van der Waals surface area contributed by atoms with Crippen LogP contribution in [0.1, 0.15) is 28.3 Å². The lowest BCUT2D eigenvalue weighted by atomic mass is 9.95. The lowest BCUT2D eigenvalue weighted by molar-refractivity contribution is 0.617. The van der Waals surface area contributed by atoms with Crippen LogP contribution in [-0.2, 0) is 0 Å². The van der Waals surface area contributed by atoms with Crippen molar-refractivity contribution in [2.45, 2.75) is 19.9 Å². The highest BCUT2D eigenvalue weighted by atomic mass is 35.5. The van der Waals surface area contributed by atoms with Gasteiger partial charge in [-0.15, -0.1) is 0 Å². The van der Waals surface area contributed by atoms with E-state index in [9.17, 15) is 4.39 Å². The van der Waals surface area contributed by atoms with Gasteiger partial charge in [0.05, 0.1) is 6.04 Å². The van der Waals surface area contributed by atoms with Crippen LogP contribution in [0.4, 0.5) is 4.39 Å². The molecule has 0 aliphatic rings. The van der Waals surface area contributed by atoms with Crippen molar-refractivity contribution < 1.29 is 4.39 Å². The van der Waals surface area contributed by atoms with Crippen molar-refractivity contribution in [2.75, 3.05) is 7.05 Å². The first kappa shape index (κ1) is 14.0. The van der Waals surface area contributed by atoms with Crippen molar-refractivity contribution in [1.82, 2.24) is 5.32 Å². The Morgan fingerprint density at radius 3 is 2.42 bits per heavy atom. The molecule has 100 valence electrons. The summed E-state index contributed by atoms with van der Waals surface area (Å²) in [5.41, 5.74) is 4.29. The molecule has 0 aliphatic heterocycles. The van der Waals surface area contributed by atoms with E-state index >= 15 is 0 Å².